The van der Waals surface area contributed by atoms with Crippen LogP contribution in [0.5, 0.6) is 0 Å². The molecule has 0 aliphatic rings. The van der Waals surface area contributed by atoms with Crippen molar-refractivity contribution in [2.24, 2.45) is 0 Å². The molecule has 168 valence electrons. The number of nitrogens with zero attached hydrogens (tertiary/aromatic N) is 3. The third-order valence-corrected chi connectivity index (χ3v) is 6.80. The van der Waals surface area contributed by atoms with E-state index in [9.17, 15) is 30.3 Å². The highest BCUT2D eigenvalue weighted by Gasteiger charge is 2.39. The van der Waals surface area contributed by atoms with Gasteiger partial charge in [-0.1, -0.05) is 39.0 Å². The van der Waals surface area contributed by atoms with E-state index in [2.05, 4.69) is 0 Å². The molecule has 1 aromatic carbocycles. The molecule has 0 N–H and O–H groups in total. The molecular weight excluding hydrogens is 390 g/mol. The minimum Gasteiger partial charge on any atom is -0.265 e. The number of benzene rings is 1. The second kappa shape index (κ2) is 9.49. The average molecular weight is 424 g/mol. The van der Waals surface area contributed by atoms with Gasteiger partial charge in [-0.2, -0.15) is 0 Å². The molecule has 0 amide bonds. The number of hydrogen-bond donors (Lipinski definition) is 0. The third-order valence-electron chi connectivity index (χ3n) is 6.80. The zero-order valence-electron chi connectivity index (χ0n) is 18.8. The molecule has 0 saturated carbocycles. The first-order valence-electron chi connectivity index (χ1n) is 10.3. The maximum absolute atomic E-state index is 11.3. The van der Waals surface area contributed by atoms with Crippen LogP contribution in [-0.4, -0.2) is 34.4 Å². The Labute approximate surface area is 177 Å². The van der Waals surface area contributed by atoms with Gasteiger partial charge in [-0.3, -0.25) is 30.3 Å². The highest BCUT2D eigenvalue weighted by Crippen LogP contribution is 2.39. The first-order valence-corrected chi connectivity index (χ1v) is 10.3. The van der Waals surface area contributed by atoms with Crippen molar-refractivity contribution >= 4 is 0 Å². The quantitative estimate of drug-likeness (QED) is 0.359. The van der Waals surface area contributed by atoms with E-state index in [1.54, 1.807) is 20.8 Å². The summed E-state index contributed by atoms with van der Waals surface area (Å²) < 4.78 is 0. The van der Waals surface area contributed by atoms with Crippen molar-refractivity contribution in [3.63, 3.8) is 0 Å². The fourth-order valence-corrected chi connectivity index (χ4v) is 3.75. The predicted octanol–water partition coefficient (Wildman–Crippen LogP) is 4.52. The van der Waals surface area contributed by atoms with Crippen molar-refractivity contribution in [1.82, 2.24) is 0 Å². The van der Waals surface area contributed by atoms with Crippen LogP contribution >= 0.6 is 0 Å². The second-order valence-corrected chi connectivity index (χ2v) is 9.01. The highest BCUT2D eigenvalue weighted by atomic mass is 16.6. The van der Waals surface area contributed by atoms with E-state index in [1.165, 1.54) is 0 Å². The average Bonchev–Trinajstić information content (AvgIpc) is 2.65. The van der Waals surface area contributed by atoms with Crippen molar-refractivity contribution in [1.29, 1.82) is 0 Å². The van der Waals surface area contributed by atoms with E-state index in [-0.39, 0.29) is 34.4 Å². The summed E-state index contributed by atoms with van der Waals surface area (Å²) in [5, 5.41) is 34.0. The molecule has 3 atom stereocenters. The number of hydrogen-bond acceptors (Lipinski definition) is 6. The largest absolute Gasteiger partial charge is 0.265 e. The van der Waals surface area contributed by atoms with Gasteiger partial charge in [-0.05, 0) is 56.7 Å². The lowest BCUT2D eigenvalue weighted by Crippen LogP contribution is -2.36. The third kappa shape index (κ3) is 5.73. The topological polar surface area (TPSA) is 129 Å². The SMILES string of the molecule is CCC(C)(C[N+](=O)[O-])c1cc(C(C)(CC)C[N+](=O)[O-])cc(C(C)(CC)C[N+](=O)[O-])c1. The molecular formula is C21H33N3O6. The summed E-state index contributed by atoms with van der Waals surface area (Å²) >= 11 is 0. The smallest absolute Gasteiger partial charge is 0.213 e. The second-order valence-electron chi connectivity index (χ2n) is 9.01. The molecule has 9 heteroatoms. The Balaban J connectivity index is 3.84. The molecule has 0 heterocycles. The highest BCUT2D eigenvalue weighted by molar-refractivity contribution is 5.41. The molecule has 0 bridgehead atoms. The first kappa shape index (κ1) is 25.5. The first-order chi connectivity index (χ1) is 13.7. The summed E-state index contributed by atoms with van der Waals surface area (Å²) in [6, 6.07) is 5.48. The van der Waals surface area contributed by atoms with Crippen LogP contribution in [-0.2, 0) is 16.2 Å². The Morgan fingerprint density at radius 3 is 0.933 bits per heavy atom. The zero-order valence-corrected chi connectivity index (χ0v) is 18.8. The van der Waals surface area contributed by atoms with Gasteiger partial charge in [-0.25, -0.2) is 0 Å². The molecule has 0 aliphatic carbocycles. The molecule has 1 rings (SSSR count). The fourth-order valence-electron chi connectivity index (χ4n) is 3.75. The van der Waals surface area contributed by atoms with E-state index in [1.807, 2.05) is 39.0 Å². The van der Waals surface area contributed by atoms with Crippen LogP contribution < -0.4 is 0 Å². The van der Waals surface area contributed by atoms with Crippen LogP contribution in [0, 0.1) is 30.3 Å². The van der Waals surface area contributed by atoms with E-state index in [0.29, 0.717) is 36.0 Å². The Morgan fingerprint density at radius 2 is 0.800 bits per heavy atom. The fraction of sp³-hybridized carbons (Fsp3) is 0.714. The van der Waals surface area contributed by atoms with Gasteiger partial charge in [0.05, 0.1) is 16.2 Å². The van der Waals surface area contributed by atoms with Crippen LogP contribution in [0.4, 0.5) is 0 Å². The van der Waals surface area contributed by atoms with E-state index in [4.69, 9.17) is 0 Å². The minimum atomic E-state index is -0.791. The van der Waals surface area contributed by atoms with E-state index >= 15 is 0 Å². The summed E-state index contributed by atoms with van der Waals surface area (Å²) in [6.07, 6.45) is 1.48. The van der Waals surface area contributed by atoms with Gasteiger partial charge < -0.3 is 0 Å². The summed E-state index contributed by atoms with van der Waals surface area (Å²) in [5.41, 5.74) is -0.289. The van der Waals surface area contributed by atoms with E-state index in [0.717, 1.165) is 0 Å². The van der Waals surface area contributed by atoms with Crippen LogP contribution in [0.3, 0.4) is 0 Å². The van der Waals surface area contributed by atoms with Gasteiger partial charge in [0.15, 0.2) is 0 Å². The Hall–Kier alpha value is -2.58. The standard InChI is InChI=1S/C21H33N3O6/c1-7-19(4,13-22(25)26)16-10-17(20(5,8-2)14-23(27)28)12-18(11-16)21(6,9-3)15-24(29)30/h10-12H,7-9,13-15H2,1-6H3. The van der Waals surface area contributed by atoms with Crippen LogP contribution in [0.2, 0.25) is 0 Å². The van der Waals surface area contributed by atoms with Gasteiger partial charge in [0.25, 0.3) is 0 Å². The van der Waals surface area contributed by atoms with Crippen LogP contribution in [0.25, 0.3) is 0 Å². The molecule has 0 aliphatic heterocycles. The van der Waals surface area contributed by atoms with Crippen molar-refractivity contribution in [3.8, 4) is 0 Å². The number of nitro groups is 3. The Morgan fingerprint density at radius 1 is 0.600 bits per heavy atom. The van der Waals surface area contributed by atoms with Gasteiger partial charge in [-0.15, -0.1) is 0 Å². The molecule has 0 aromatic heterocycles. The van der Waals surface area contributed by atoms with Gasteiger partial charge in [0, 0.05) is 14.8 Å². The normalized spacial score (nSPS) is 17.4. The van der Waals surface area contributed by atoms with E-state index < -0.39 is 16.2 Å². The number of rotatable bonds is 12. The molecule has 0 saturated heterocycles. The predicted molar refractivity (Wildman–Crippen MR) is 115 cm³/mol. The Bertz CT molecular complexity index is 697. The maximum Gasteiger partial charge on any atom is 0.213 e. The van der Waals surface area contributed by atoms with Crippen LogP contribution in [0.15, 0.2) is 18.2 Å². The molecule has 1 aromatic rings. The van der Waals surface area contributed by atoms with Gasteiger partial charge >= 0.3 is 0 Å². The lowest BCUT2D eigenvalue weighted by Gasteiger charge is -2.33. The summed E-state index contributed by atoms with van der Waals surface area (Å²) in [5.74, 6) is 0. The van der Waals surface area contributed by atoms with Crippen molar-refractivity contribution in [2.45, 2.75) is 77.0 Å². The summed E-state index contributed by atoms with van der Waals surface area (Å²) in [4.78, 5) is 32.9. The monoisotopic (exact) mass is 423 g/mol. The molecule has 9 nitrogen and oxygen atoms in total. The molecule has 0 fully saturated rings. The molecule has 3 unspecified atom stereocenters. The van der Waals surface area contributed by atoms with Gasteiger partial charge in [0.1, 0.15) is 0 Å². The lowest BCUT2D eigenvalue weighted by molar-refractivity contribution is -0.491. The van der Waals surface area contributed by atoms with Crippen molar-refractivity contribution in [3.05, 3.63) is 65.2 Å². The van der Waals surface area contributed by atoms with Gasteiger partial charge in [0.2, 0.25) is 19.6 Å². The summed E-state index contributed by atoms with van der Waals surface area (Å²) in [7, 11) is 0. The zero-order chi connectivity index (χ0) is 23.3. The summed E-state index contributed by atoms with van der Waals surface area (Å²) in [6.45, 7) is 10.1. The maximum atomic E-state index is 11.3. The molecule has 30 heavy (non-hydrogen) atoms. The molecule has 0 spiro atoms. The van der Waals surface area contributed by atoms with Crippen LogP contribution in [0.1, 0.15) is 77.5 Å². The Kier molecular flexibility index (Phi) is 8.05. The van der Waals surface area contributed by atoms with Crippen molar-refractivity contribution in [2.75, 3.05) is 19.6 Å². The van der Waals surface area contributed by atoms with Crippen molar-refractivity contribution < 1.29 is 14.8 Å². The molecule has 0 radical (unpaired) electrons. The lowest BCUT2D eigenvalue weighted by atomic mass is 9.70. The minimum absolute atomic E-state index is 0.289.